The third-order valence-electron chi connectivity index (χ3n) is 4.73. The van der Waals surface area contributed by atoms with Crippen molar-refractivity contribution in [2.75, 3.05) is 44.8 Å². The molecule has 1 aromatic rings. The van der Waals surface area contributed by atoms with Gasteiger partial charge in [0.15, 0.2) is 9.84 Å². The highest BCUT2D eigenvalue weighted by Crippen LogP contribution is 2.21. The Morgan fingerprint density at radius 1 is 1.25 bits per heavy atom. The zero-order chi connectivity index (χ0) is 17.3. The average Bonchev–Trinajstić information content (AvgIpc) is 2.94. The number of piperazine rings is 1. The van der Waals surface area contributed by atoms with Crippen LogP contribution in [0.5, 0.6) is 5.75 Å². The number of carbonyl (C=O) groups is 1. The fourth-order valence-corrected chi connectivity index (χ4v) is 5.08. The average molecular weight is 356 g/mol. The molecule has 2 heterocycles. The lowest BCUT2D eigenvalue weighted by Gasteiger charge is -2.37. The molecule has 2 fully saturated rings. The van der Waals surface area contributed by atoms with E-state index in [2.05, 4.69) is 4.90 Å². The molecule has 0 spiro atoms. The molecule has 1 aromatic carbocycles. The number of benzene rings is 1. The Morgan fingerprint density at radius 3 is 2.50 bits per heavy atom. The predicted molar refractivity (Wildman–Crippen MR) is 87.5 cm³/mol. The van der Waals surface area contributed by atoms with Crippen molar-refractivity contribution in [3.63, 3.8) is 0 Å². The van der Waals surface area contributed by atoms with Crippen LogP contribution in [0.3, 0.4) is 0 Å². The Labute approximate surface area is 141 Å². The first kappa shape index (κ1) is 17.2. The van der Waals surface area contributed by atoms with Crippen molar-refractivity contribution in [1.29, 1.82) is 0 Å². The number of halogens is 1. The number of hydrogen-bond acceptors (Lipinski definition) is 5. The molecule has 2 aliphatic heterocycles. The summed E-state index contributed by atoms with van der Waals surface area (Å²) in [6.45, 7) is 2.18. The molecule has 8 heteroatoms. The van der Waals surface area contributed by atoms with E-state index in [1.165, 1.54) is 19.2 Å². The van der Waals surface area contributed by atoms with E-state index in [-0.39, 0.29) is 29.0 Å². The van der Waals surface area contributed by atoms with Crippen LogP contribution in [0.2, 0.25) is 0 Å². The van der Waals surface area contributed by atoms with Gasteiger partial charge in [0.05, 0.1) is 24.2 Å². The van der Waals surface area contributed by atoms with Gasteiger partial charge in [0.25, 0.3) is 5.91 Å². The lowest BCUT2D eigenvalue weighted by Crippen LogP contribution is -2.52. The van der Waals surface area contributed by atoms with Crippen LogP contribution in [0.15, 0.2) is 18.2 Å². The van der Waals surface area contributed by atoms with Crippen LogP contribution in [0, 0.1) is 5.82 Å². The monoisotopic (exact) mass is 356 g/mol. The summed E-state index contributed by atoms with van der Waals surface area (Å²) in [4.78, 5) is 16.2. The Kier molecular flexibility index (Phi) is 4.78. The molecular weight excluding hydrogens is 335 g/mol. The van der Waals surface area contributed by atoms with Gasteiger partial charge in [-0.05, 0) is 18.6 Å². The highest BCUT2D eigenvalue weighted by molar-refractivity contribution is 7.91. The summed E-state index contributed by atoms with van der Waals surface area (Å²) in [5.74, 6) is -0.115. The number of nitrogens with zero attached hydrogens (tertiary/aromatic N) is 2. The van der Waals surface area contributed by atoms with Crippen LogP contribution in [0.4, 0.5) is 4.39 Å². The van der Waals surface area contributed by atoms with Gasteiger partial charge in [0.1, 0.15) is 11.6 Å². The molecule has 0 radical (unpaired) electrons. The molecule has 24 heavy (non-hydrogen) atoms. The van der Waals surface area contributed by atoms with E-state index in [0.29, 0.717) is 38.3 Å². The lowest BCUT2D eigenvalue weighted by atomic mass is 10.1. The quantitative estimate of drug-likeness (QED) is 0.801. The summed E-state index contributed by atoms with van der Waals surface area (Å²) in [6.07, 6.45) is 0.656. The summed E-state index contributed by atoms with van der Waals surface area (Å²) in [5, 5.41) is 0. The minimum absolute atomic E-state index is 0.0349. The van der Waals surface area contributed by atoms with Gasteiger partial charge in [-0.15, -0.1) is 0 Å². The van der Waals surface area contributed by atoms with Crippen LogP contribution >= 0.6 is 0 Å². The molecule has 0 aliphatic carbocycles. The minimum atomic E-state index is -2.91. The molecular formula is C16H21FN2O4S. The second-order valence-corrected chi connectivity index (χ2v) is 8.46. The number of hydrogen-bond donors (Lipinski definition) is 0. The molecule has 2 saturated heterocycles. The zero-order valence-electron chi connectivity index (χ0n) is 13.6. The molecule has 1 atom stereocenters. The van der Waals surface area contributed by atoms with E-state index in [0.717, 1.165) is 0 Å². The maximum atomic E-state index is 14.0. The van der Waals surface area contributed by atoms with Gasteiger partial charge in [-0.25, -0.2) is 12.8 Å². The SMILES string of the molecule is COc1ccc(C(=O)N2CCN([C@@H]3CCS(=O)(=O)C3)CC2)c(F)c1. The van der Waals surface area contributed by atoms with E-state index in [1.54, 1.807) is 11.0 Å². The first-order valence-corrected chi connectivity index (χ1v) is 9.79. The Morgan fingerprint density at radius 2 is 1.96 bits per heavy atom. The van der Waals surface area contributed by atoms with Crippen LogP contribution in [-0.4, -0.2) is 75.0 Å². The van der Waals surface area contributed by atoms with Crippen LogP contribution < -0.4 is 4.74 Å². The molecule has 0 N–H and O–H groups in total. The van der Waals surface area contributed by atoms with Crippen molar-refractivity contribution in [2.45, 2.75) is 12.5 Å². The fourth-order valence-electron chi connectivity index (χ4n) is 3.32. The number of ether oxygens (including phenoxy) is 1. The van der Waals surface area contributed by atoms with Crippen LogP contribution in [0.1, 0.15) is 16.8 Å². The van der Waals surface area contributed by atoms with Crippen molar-refractivity contribution in [3.05, 3.63) is 29.6 Å². The molecule has 0 aromatic heterocycles. The van der Waals surface area contributed by atoms with E-state index >= 15 is 0 Å². The number of methoxy groups -OCH3 is 1. The van der Waals surface area contributed by atoms with Gasteiger partial charge in [-0.2, -0.15) is 0 Å². The first-order chi connectivity index (χ1) is 11.4. The molecule has 1 amide bonds. The molecule has 6 nitrogen and oxygen atoms in total. The maximum absolute atomic E-state index is 14.0. The molecule has 0 saturated carbocycles. The van der Waals surface area contributed by atoms with E-state index < -0.39 is 15.7 Å². The van der Waals surface area contributed by atoms with Crippen molar-refractivity contribution in [1.82, 2.24) is 9.80 Å². The fraction of sp³-hybridized carbons (Fsp3) is 0.562. The Balaban J connectivity index is 1.61. The van der Waals surface area contributed by atoms with Gasteiger partial charge < -0.3 is 9.64 Å². The lowest BCUT2D eigenvalue weighted by molar-refractivity contribution is 0.0583. The predicted octanol–water partition coefficient (Wildman–Crippen LogP) is 0.779. The summed E-state index contributed by atoms with van der Waals surface area (Å²) in [5.41, 5.74) is 0.0349. The smallest absolute Gasteiger partial charge is 0.256 e. The summed E-state index contributed by atoms with van der Waals surface area (Å²) in [6, 6.07) is 4.25. The molecule has 132 valence electrons. The van der Waals surface area contributed by atoms with Crippen molar-refractivity contribution in [2.24, 2.45) is 0 Å². The topological polar surface area (TPSA) is 66.9 Å². The Hall–Kier alpha value is -1.67. The number of rotatable bonds is 3. The van der Waals surface area contributed by atoms with E-state index in [4.69, 9.17) is 4.74 Å². The van der Waals surface area contributed by atoms with Gasteiger partial charge in [-0.1, -0.05) is 0 Å². The summed E-state index contributed by atoms with van der Waals surface area (Å²) < 4.78 is 42.2. The minimum Gasteiger partial charge on any atom is -0.497 e. The van der Waals surface area contributed by atoms with Crippen LogP contribution in [0.25, 0.3) is 0 Å². The van der Waals surface area contributed by atoms with Gasteiger partial charge >= 0.3 is 0 Å². The molecule has 0 unspecified atom stereocenters. The normalized spacial score (nSPS) is 24.1. The number of sulfone groups is 1. The third kappa shape index (κ3) is 3.54. The second-order valence-electron chi connectivity index (χ2n) is 6.23. The summed E-state index contributed by atoms with van der Waals surface area (Å²) >= 11 is 0. The standard InChI is InChI=1S/C16H21FN2O4S/c1-23-13-2-3-14(15(17)10-13)16(20)19-7-5-18(6-8-19)12-4-9-24(21,22)11-12/h2-3,10,12H,4-9,11H2,1H3/t12-/m1/s1. The molecule has 2 aliphatic rings. The first-order valence-electron chi connectivity index (χ1n) is 7.97. The molecule has 0 bridgehead atoms. The van der Waals surface area contributed by atoms with Gasteiger partial charge in [0, 0.05) is 38.3 Å². The highest BCUT2D eigenvalue weighted by atomic mass is 32.2. The van der Waals surface area contributed by atoms with Crippen molar-refractivity contribution >= 4 is 15.7 Å². The van der Waals surface area contributed by atoms with Crippen molar-refractivity contribution < 1.29 is 22.3 Å². The van der Waals surface area contributed by atoms with Gasteiger partial charge in [-0.3, -0.25) is 9.69 Å². The Bertz CT molecular complexity index is 730. The summed E-state index contributed by atoms with van der Waals surface area (Å²) in [7, 11) is -1.47. The molecule has 3 rings (SSSR count). The van der Waals surface area contributed by atoms with Gasteiger partial charge in [0.2, 0.25) is 0 Å². The zero-order valence-corrected chi connectivity index (χ0v) is 14.4. The number of carbonyl (C=O) groups excluding carboxylic acids is 1. The van der Waals surface area contributed by atoms with Crippen molar-refractivity contribution in [3.8, 4) is 5.75 Å². The van der Waals surface area contributed by atoms with E-state index in [9.17, 15) is 17.6 Å². The number of amides is 1. The highest BCUT2D eigenvalue weighted by Gasteiger charge is 2.34. The second kappa shape index (κ2) is 6.68. The van der Waals surface area contributed by atoms with E-state index in [1.807, 2.05) is 0 Å². The largest absolute Gasteiger partial charge is 0.497 e. The maximum Gasteiger partial charge on any atom is 0.256 e. The van der Waals surface area contributed by atoms with Crippen LogP contribution in [-0.2, 0) is 9.84 Å². The third-order valence-corrected chi connectivity index (χ3v) is 6.48.